The van der Waals surface area contributed by atoms with Crippen LogP contribution < -0.4 is 15.4 Å². The summed E-state index contributed by atoms with van der Waals surface area (Å²) in [6.07, 6.45) is 2.53. The molecule has 12 heteroatoms. The van der Waals surface area contributed by atoms with Crippen molar-refractivity contribution in [2.45, 2.75) is 51.4 Å². The van der Waals surface area contributed by atoms with Gasteiger partial charge in [0.1, 0.15) is 28.5 Å². The Labute approximate surface area is 212 Å². The minimum atomic E-state index is -1.14. The second kappa shape index (κ2) is 9.85. The van der Waals surface area contributed by atoms with Crippen LogP contribution in [0.15, 0.2) is 30.6 Å². The molecule has 0 radical (unpaired) electrons. The molecular weight excluding hydrogens is 485 g/mol. The SMILES string of the molecule is COCC1(CNC(=O)OC(C)(C)C)Cc2cc(F)cc(C(C)Nc3ccn4ncc(C(=O)O)c4n3)c2O1. The minimum Gasteiger partial charge on any atom is -0.482 e. The average Bonchev–Trinajstić information content (AvgIpc) is 3.37. The normalized spacial score (nSPS) is 17.7. The number of hydrogen-bond donors (Lipinski definition) is 3. The molecule has 1 aliphatic heterocycles. The van der Waals surface area contributed by atoms with Crippen LogP contribution in [0.1, 0.15) is 55.2 Å². The maximum absolute atomic E-state index is 14.7. The average molecular weight is 516 g/mol. The molecule has 3 heterocycles. The van der Waals surface area contributed by atoms with Gasteiger partial charge in [0, 0.05) is 30.9 Å². The highest BCUT2D eigenvalue weighted by Gasteiger charge is 2.42. The van der Waals surface area contributed by atoms with Crippen LogP contribution in [0.2, 0.25) is 0 Å². The van der Waals surface area contributed by atoms with Gasteiger partial charge in [-0.1, -0.05) is 0 Å². The van der Waals surface area contributed by atoms with Crippen molar-refractivity contribution in [3.63, 3.8) is 0 Å². The Kier molecular flexibility index (Phi) is 6.96. The molecule has 2 unspecified atom stereocenters. The molecule has 2 atom stereocenters. The first-order valence-electron chi connectivity index (χ1n) is 11.7. The Morgan fingerprint density at radius 2 is 2.11 bits per heavy atom. The largest absolute Gasteiger partial charge is 0.482 e. The maximum atomic E-state index is 14.7. The van der Waals surface area contributed by atoms with E-state index in [1.54, 1.807) is 33.0 Å². The van der Waals surface area contributed by atoms with Gasteiger partial charge in [-0.15, -0.1) is 0 Å². The first-order chi connectivity index (χ1) is 17.4. The number of methoxy groups -OCH3 is 1. The number of carboxylic acids is 1. The van der Waals surface area contributed by atoms with Crippen LogP contribution in [0.5, 0.6) is 5.75 Å². The van der Waals surface area contributed by atoms with Gasteiger partial charge in [-0.05, 0) is 45.9 Å². The molecule has 3 aromatic rings. The quantitative estimate of drug-likeness (QED) is 0.411. The Hall–Kier alpha value is -3.93. The lowest BCUT2D eigenvalue weighted by atomic mass is 9.96. The number of alkyl carbamates (subject to hydrolysis) is 1. The number of hydrogen-bond acceptors (Lipinski definition) is 8. The number of aromatic carboxylic acids is 1. The van der Waals surface area contributed by atoms with E-state index in [1.165, 1.54) is 30.0 Å². The van der Waals surface area contributed by atoms with Crippen molar-refractivity contribution in [3.05, 3.63) is 53.1 Å². The topological polar surface area (TPSA) is 136 Å². The molecule has 4 rings (SSSR count). The summed E-state index contributed by atoms with van der Waals surface area (Å²) in [5.74, 6) is -0.708. The summed E-state index contributed by atoms with van der Waals surface area (Å²) in [6, 6.07) is 3.96. The Morgan fingerprint density at radius 3 is 2.78 bits per heavy atom. The third kappa shape index (κ3) is 5.74. The number of nitrogens with one attached hydrogen (secondary N) is 2. The van der Waals surface area contributed by atoms with Crippen molar-refractivity contribution in [2.24, 2.45) is 0 Å². The third-order valence-corrected chi connectivity index (χ3v) is 5.78. The third-order valence-electron chi connectivity index (χ3n) is 5.78. The molecular formula is C25H30FN5O6. The fourth-order valence-corrected chi connectivity index (χ4v) is 4.29. The molecule has 0 saturated heterocycles. The Balaban J connectivity index is 1.57. The zero-order chi connectivity index (χ0) is 27.0. The van der Waals surface area contributed by atoms with E-state index in [9.17, 15) is 19.1 Å². The standard InChI is InChI=1S/C25H30FN5O6/c1-14(29-19-6-7-31-21(30-19)18(11-28-31)22(32)33)17-9-16(26)8-15-10-25(13-35-5,36-20(15)17)12-27-23(34)37-24(2,3)4/h6-9,11,14H,10,12-13H2,1-5H3,(H,27,34)(H,29,30)(H,32,33). The summed E-state index contributed by atoms with van der Waals surface area (Å²) in [4.78, 5) is 28.1. The molecule has 1 aliphatic rings. The van der Waals surface area contributed by atoms with E-state index in [0.717, 1.165) is 0 Å². The first-order valence-corrected chi connectivity index (χ1v) is 11.7. The molecule has 0 saturated carbocycles. The molecule has 1 aromatic carbocycles. The lowest BCUT2D eigenvalue weighted by Crippen LogP contribution is -2.50. The highest BCUT2D eigenvalue weighted by Crippen LogP contribution is 2.41. The van der Waals surface area contributed by atoms with Gasteiger partial charge < -0.3 is 30.0 Å². The fourth-order valence-electron chi connectivity index (χ4n) is 4.29. The zero-order valence-electron chi connectivity index (χ0n) is 21.3. The smallest absolute Gasteiger partial charge is 0.407 e. The number of rotatable bonds is 8. The van der Waals surface area contributed by atoms with Gasteiger partial charge in [-0.25, -0.2) is 23.5 Å². The van der Waals surface area contributed by atoms with Crippen LogP contribution in [-0.4, -0.2) is 63.2 Å². The van der Waals surface area contributed by atoms with Crippen LogP contribution in [0.25, 0.3) is 5.65 Å². The molecule has 3 N–H and O–H groups in total. The van der Waals surface area contributed by atoms with Gasteiger partial charge in [-0.2, -0.15) is 5.10 Å². The zero-order valence-corrected chi connectivity index (χ0v) is 21.3. The number of nitrogens with zero attached hydrogens (tertiary/aromatic N) is 3. The number of carbonyl (C=O) groups is 2. The molecule has 0 bridgehead atoms. The Bertz CT molecular complexity index is 1340. The molecule has 0 spiro atoms. The molecule has 198 valence electrons. The van der Waals surface area contributed by atoms with Crippen LogP contribution in [0.3, 0.4) is 0 Å². The van der Waals surface area contributed by atoms with Crippen LogP contribution in [0.4, 0.5) is 15.0 Å². The molecule has 0 fully saturated rings. The number of ether oxygens (including phenoxy) is 3. The van der Waals surface area contributed by atoms with Gasteiger partial charge in [-0.3, -0.25) is 0 Å². The second-order valence-electron chi connectivity index (χ2n) is 10.0. The van der Waals surface area contributed by atoms with E-state index >= 15 is 0 Å². The lowest BCUT2D eigenvalue weighted by Gasteiger charge is -2.30. The minimum absolute atomic E-state index is 0.0341. The van der Waals surface area contributed by atoms with Crippen LogP contribution in [0, 0.1) is 5.82 Å². The van der Waals surface area contributed by atoms with Crippen molar-refractivity contribution in [1.82, 2.24) is 19.9 Å². The summed E-state index contributed by atoms with van der Waals surface area (Å²) in [6.45, 7) is 7.36. The molecule has 0 aliphatic carbocycles. The summed E-state index contributed by atoms with van der Waals surface area (Å²) < 4.78 is 33.1. The van der Waals surface area contributed by atoms with E-state index in [-0.39, 0.29) is 24.4 Å². The van der Waals surface area contributed by atoms with Crippen molar-refractivity contribution >= 4 is 23.5 Å². The fraction of sp³-hybridized carbons (Fsp3) is 0.440. The number of carboxylic acid groups (broad SMARTS) is 1. The highest BCUT2D eigenvalue weighted by atomic mass is 19.1. The van der Waals surface area contributed by atoms with Crippen LogP contribution in [-0.2, 0) is 15.9 Å². The number of halogens is 1. The summed E-state index contributed by atoms with van der Waals surface area (Å²) in [5, 5.41) is 19.3. The van der Waals surface area contributed by atoms with Crippen molar-refractivity contribution in [1.29, 1.82) is 0 Å². The number of amides is 1. The first kappa shape index (κ1) is 26.1. The van der Waals surface area contributed by atoms with E-state index in [2.05, 4.69) is 20.7 Å². The predicted octanol–water partition coefficient (Wildman–Crippen LogP) is 3.58. The second-order valence-corrected chi connectivity index (χ2v) is 10.0. The Morgan fingerprint density at radius 1 is 1.35 bits per heavy atom. The number of benzene rings is 1. The summed E-state index contributed by atoms with van der Waals surface area (Å²) in [5.41, 5.74) is -0.292. The summed E-state index contributed by atoms with van der Waals surface area (Å²) >= 11 is 0. The number of carbonyl (C=O) groups excluding carboxylic acids is 1. The van der Waals surface area contributed by atoms with Crippen molar-refractivity contribution < 1.29 is 33.3 Å². The van der Waals surface area contributed by atoms with E-state index in [4.69, 9.17) is 14.2 Å². The van der Waals surface area contributed by atoms with Gasteiger partial charge >= 0.3 is 12.1 Å². The number of anilines is 1. The van der Waals surface area contributed by atoms with E-state index < -0.39 is 35.1 Å². The van der Waals surface area contributed by atoms with E-state index in [1.807, 2.05) is 6.92 Å². The number of aromatic nitrogens is 3. The molecule has 11 nitrogen and oxygen atoms in total. The van der Waals surface area contributed by atoms with Gasteiger partial charge in [0.25, 0.3) is 0 Å². The van der Waals surface area contributed by atoms with Gasteiger partial charge in [0.15, 0.2) is 11.2 Å². The molecule has 37 heavy (non-hydrogen) atoms. The van der Waals surface area contributed by atoms with Gasteiger partial charge in [0.05, 0.1) is 25.4 Å². The summed E-state index contributed by atoms with van der Waals surface area (Å²) in [7, 11) is 1.52. The van der Waals surface area contributed by atoms with Gasteiger partial charge in [0.2, 0.25) is 0 Å². The van der Waals surface area contributed by atoms with Crippen LogP contribution >= 0.6 is 0 Å². The maximum Gasteiger partial charge on any atom is 0.407 e. The van der Waals surface area contributed by atoms with Crippen molar-refractivity contribution in [2.75, 3.05) is 25.6 Å². The number of fused-ring (bicyclic) bond motifs is 2. The van der Waals surface area contributed by atoms with Crippen molar-refractivity contribution in [3.8, 4) is 5.75 Å². The lowest BCUT2D eigenvalue weighted by molar-refractivity contribution is 0.00114. The molecule has 1 amide bonds. The predicted molar refractivity (Wildman–Crippen MR) is 132 cm³/mol. The molecule has 2 aromatic heterocycles. The monoisotopic (exact) mass is 515 g/mol. The van der Waals surface area contributed by atoms with E-state index in [0.29, 0.717) is 29.1 Å². The highest BCUT2D eigenvalue weighted by molar-refractivity contribution is 5.94.